The monoisotopic (exact) mass is 369 g/mol. The number of halogens is 1. The average Bonchev–Trinajstić information content (AvgIpc) is 3.06. The molecule has 3 aliphatic heterocycles. The molecule has 4 fully saturated rings. The fourth-order valence-corrected chi connectivity index (χ4v) is 5.11. The molecular weight excluding hydrogens is 342 g/mol. The molecule has 7 heteroatoms. The number of carbonyl (C=O) groups excluding carboxylic acids is 3. The van der Waals surface area contributed by atoms with Crippen LogP contribution in [0.3, 0.4) is 0 Å². The quantitative estimate of drug-likeness (QED) is 0.738. The molecule has 1 N–H and O–H groups in total. The zero-order valence-electron chi connectivity index (χ0n) is 15.1. The Morgan fingerprint density at radius 3 is 2.32 bits per heavy atom. The molecule has 1 unspecified atom stereocenters. The van der Waals surface area contributed by atoms with E-state index in [0.717, 1.165) is 25.8 Å². The van der Waals surface area contributed by atoms with Gasteiger partial charge in [-0.15, -0.1) is 12.4 Å². The Hall–Kier alpha value is -1.14. The van der Waals surface area contributed by atoms with Crippen LogP contribution < -0.4 is 5.32 Å². The molecule has 3 saturated heterocycles. The number of likely N-dealkylation sites (tertiary alicyclic amines) is 2. The lowest BCUT2D eigenvalue weighted by molar-refractivity contribution is -0.146. The van der Waals surface area contributed by atoms with E-state index >= 15 is 0 Å². The Labute approximate surface area is 155 Å². The van der Waals surface area contributed by atoms with Crippen molar-refractivity contribution in [2.45, 2.75) is 58.2 Å². The summed E-state index contributed by atoms with van der Waals surface area (Å²) in [5, 5.41) is 3.26. The highest BCUT2D eigenvalue weighted by atomic mass is 35.5. The minimum absolute atomic E-state index is 0. The molecule has 4 rings (SSSR count). The number of nitrogens with one attached hydrogen (secondary N) is 1. The normalized spacial score (nSPS) is 42.4. The van der Waals surface area contributed by atoms with Gasteiger partial charge in [-0.05, 0) is 37.6 Å². The van der Waals surface area contributed by atoms with Gasteiger partial charge in [-0.2, -0.15) is 0 Å². The van der Waals surface area contributed by atoms with E-state index in [4.69, 9.17) is 0 Å². The molecule has 0 aromatic rings. The van der Waals surface area contributed by atoms with Gasteiger partial charge in [-0.25, -0.2) is 0 Å². The van der Waals surface area contributed by atoms with Gasteiger partial charge in [0.15, 0.2) is 0 Å². The van der Waals surface area contributed by atoms with Gasteiger partial charge in [0.2, 0.25) is 17.7 Å². The van der Waals surface area contributed by atoms with Crippen molar-refractivity contribution in [1.82, 2.24) is 15.1 Å². The number of hydrogen-bond donors (Lipinski definition) is 1. The minimum atomic E-state index is -0.281. The zero-order chi connectivity index (χ0) is 17.2. The molecular formula is C18H28ClN3O3. The number of hydrogen-bond acceptors (Lipinski definition) is 4. The number of rotatable bonds is 2. The van der Waals surface area contributed by atoms with Gasteiger partial charge in [0, 0.05) is 12.5 Å². The van der Waals surface area contributed by atoms with E-state index in [-0.39, 0.29) is 60.1 Å². The first-order chi connectivity index (χ1) is 11.4. The fourth-order valence-electron chi connectivity index (χ4n) is 5.11. The van der Waals surface area contributed by atoms with Gasteiger partial charge in [-0.1, -0.05) is 20.8 Å². The second kappa shape index (κ2) is 6.54. The van der Waals surface area contributed by atoms with E-state index < -0.39 is 0 Å². The predicted molar refractivity (Wildman–Crippen MR) is 95.0 cm³/mol. The smallest absolute Gasteiger partial charge is 0.240 e. The third-order valence-corrected chi connectivity index (χ3v) is 6.88. The van der Waals surface area contributed by atoms with Crippen LogP contribution in [0.2, 0.25) is 0 Å². The molecule has 25 heavy (non-hydrogen) atoms. The fraction of sp³-hybridized carbons (Fsp3) is 0.833. The number of imide groups is 1. The lowest BCUT2D eigenvalue weighted by Crippen LogP contribution is -2.49. The highest BCUT2D eigenvalue weighted by Crippen LogP contribution is 2.48. The molecule has 0 bridgehead atoms. The SMILES string of the molecule is C[C@@H]1C(=O)N(C(=O)C2[C@@H](C)[C@H]2C)[C@H]2CCN(C(=O)[C@@H]3CCCN3)[C@H]12.Cl. The van der Waals surface area contributed by atoms with Crippen LogP contribution in [0.15, 0.2) is 0 Å². The summed E-state index contributed by atoms with van der Waals surface area (Å²) in [6.07, 6.45) is 2.62. The van der Waals surface area contributed by atoms with Gasteiger partial charge in [0.05, 0.1) is 24.0 Å². The van der Waals surface area contributed by atoms with Crippen molar-refractivity contribution in [3.05, 3.63) is 0 Å². The van der Waals surface area contributed by atoms with Crippen molar-refractivity contribution >= 4 is 30.1 Å². The highest BCUT2D eigenvalue weighted by molar-refractivity contribution is 6.01. The summed E-state index contributed by atoms with van der Waals surface area (Å²) in [7, 11) is 0. The molecule has 3 amide bonds. The molecule has 3 heterocycles. The summed E-state index contributed by atoms with van der Waals surface area (Å²) in [5.74, 6) is 0.452. The van der Waals surface area contributed by atoms with Gasteiger partial charge in [-0.3, -0.25) is 19.3 Å². The van der Waals surface area contributed by atoms with Crippen molar-refractivity contribution in [3.8, 4) is 0 Å². The molecule has 1 aliphatic carbocycles. The van der Waals surface area contributed by atoms with Crippen molar-refractivity contribution < 1.29 is 14.4 Å². The van der Waals surface area contributed by atoms with Gasteiger partial charge in [0.1, 0.15) is 0 Å². The third kappa shape index (κ3) is 2.69. The second-order valence-corrected chi connectivity index (χ2v) is 8.11. The van der Waals surface area contributed by atoms with Crippen LogP contribution in [0.25, 0.3) is 0 Å². The van der Waals surface area contributed by atoms with E-state index in [9.17, 15) is 14.4 Å². The Morgan fingerprint density at radius 2 is 1.76 bits per heavy atom. The van der Waals surface area contributed by atoms with Gasteiger partial charge in [0.25, 0.3) is 0 Å². The highest BCUT2D eigenvalue weighted by Gasteiger charge is 2.59. The summed E-state index contributed by atoms with van der Waals surface area (Å²) >= 11 is 0. The van der Waals surface area contributed by atoms with Crippen molar-refractivity contribution in [3.63, 3.8) is 0 Å². The second-order valence-electron chi connectivity index (χ2n) is 8.11. The van der Waals surface area contributed by atoms with Crippen LogP contribution >= 0.6 is 12.4 Å². The molecule has 140 valence electrons. The third-order valence-electron chi connectivity index (χ3n) is 6.88. The standard InChI is InChI=1S/C18H27N3O3.ClH/c1-9-10(2)14(9)18(24)21-13-6-8-20(15(13)11(3)16(21)22)17(23)12-5-4-7-19-12;/h9-15,19H,4-8H2,1-3H3;1H/t9-,10+,11-,12-,13-,14?,15+;/m0./s1. The van der Waals surface area contributed by atoms with Crippen molar-refractivity contribution in [2.24, 2.45) is 23.7 Å². The van der Waals surface area contributed by atoms with Crippen LogP contribution in [0.5, 0.6) is 0 Å². The zero-order valence-corrected chi connectivity index (χ0v) is 15.9. The molecule has 1 saturated carbocycles. The van der Waals surface area contributed by atoms with E-state index in [0.29, 0.717) is 18.4 Å². The van der Waals surface area contributed by atoms with E-state index in [1.165, 1.54) is 4.90 Å². The lowest BCUT2D eigenvalue weighted by Gasteiger charge is -2.28. The summed E-state index contributed by atoms with van der Waals surface area (Å²) in [6.45, 7) is 7.56. The first kappa shape index (κ1) is 18.6. The predicted octanol–water partition coefficient (Wildman–Crippen LogP) is 1.04. The number of fused-ring (bicyclic) bond motifs is 1. The molecule has 0 radical (unpaired) electrons. The first-order valence-electron chi connectivity index (χ1n) is 9.34. The molecule has 0 spiro atoms. The number of nitrogens with zero attached hydrogens (tertiary/aromatic N) is 2. The van der Waals surface area contributed by atoms with Crippen LogP contribution in [0, 0.1) is 23.7 Å². The maximum atomic E-state index is 12.8. The lowest BCUT2D eigenvalue weighted by atomic mass is 10.0. The average molecular weight is 370 g/mol. The maximum absolute atomic E-state index is 12.8. The molecule has 7 atom stereocenters. The van der Waals surface area contributed by atoms with Gasteiger partial charge < -0.3 is 10.2 Å². The van der Waals surface area contributed by atoms with Crippen LogP contribution in [0.1, 0.15) is 40.0 Å². The van der Waals surface area contributed by atoms with Crippen LogP contribution in [-0.4, -0.2) is 58.7 Å². The van der Waals surface area contributed by atoms with E-state index in [2.05, 4.69) is 19.2 Å². The summed E-state index contributed by atoms with van der Waals surface area (Å²) in [6, 6.07) is -0.370. The maximum Gasteiger partial charge on any atom is 0.240 e. The largest absolute Gasteiger partial charge is 0.335 e. The summed E-state index contributed by atoms with van der Waals surface area (Å²) in [4.78, 5) is 41.8. The number of amides is 3. The Morgan fingerprint density at radius 1 is 1.08 bits per heavy atom. The summed E-state index contributed by atoms with van der Waals surface area (Å²) < 4.78 is 0. The van der Waals surface area contributed by atoms with E-state index in [1.807, 2.05) is 11.8 Å². The van der Waals surface area contributed by atoms with E-state index in [1.54, 1.807) is 0 Å². The minimum Gasteiger partial charge on any atom is -0.335 e. The van der Waals surface area contributed by atoms with Gasteiger partial charge >= 0.3 is 0 Å². The van der Waals surface area contributed by atoms with Crippen molar-refractivity contribution in [1.29, 1.82) is 0 Å². The molecule has 6 nitrogen and oxygen atoms in total. The summed E-state index contributed by atoms with van der Waals surface area (Å²) in [5.41, 5.74) is 0. The van der Waals surface area contributed by atoms with Crippen molar-refractivity contribution in [2.75, 3.05) is 13.1 Å². The Bertz CT molecular complexity index is 584. The number of carbonyl (C=O) groups is 3. The van der Waals surface area contributed by atoms with Crippen LogP contribution in [-0.2, 0) is 14.4 Å². The van der Waals surface area contributed by atoms with Crippen LogP contribution in [0.4, 0.5) is 0 Å². The topological polar surface area (TPSA) is 69.7 Å². The Balaban J connectivity index is 0.00000182. The molecule has 4 aliphatic rings. The Kier molecular flexibility index (Phi) is 4.88. The molecule has 0 aromatic heterocycles. The molecule has 0 aromatic carbocycles. The first-order valence-corrected chi connectivity index (χ1v) is 9.34.